The van der Waals surface area contributed by atoms with Crippen molar-refractivity contribution in [1.29, 1.82) is 0 Å². The number of carbonyl (C=O) groups is 13. The van der Waals surface area contributed by atoms with Gasteiger partial charge in [-0.3, -0.25) is 19.2 Å². The number of thioether (sulfide) groups is 1. The highest BCUT2D eigenvalue weighted by atomic mass is 35.5. The van der Waals surface area contributed by atoms with E-state index in [2.05, 4.69) is 71.1 Å². The molecule has 0 saturated carbocycles. The van der Waals surface area contributed by atoms with E-state index < -0.39 is 96.3 Å². The first-order chi connectivity index (χ1) is 44.6. The zero-order chi connectivity index (χ0) is 72.4. The summed E-state index contributed by atoms with van der Waals surface area (Å²) in [5.41, 5.74) is 15.9. The van der Waals surface area contributed by atoms with Gasteiger partial charge in [-0.15, -0.1) is 0 Å². The smallest absolute Gasteiger partial charge is 0.411 e. The van der Waals surface area contributed by atoms with Crippen LogP contribution < -0.4 is 38.5 Å². The number of rotatable bonds is 33. The third-order valence-electron chi connectivity index (χ3n) is 11.6. The third kappa shape index (κ3) is 50.3. The van der Waals surface area contributed by atoms with Crippen LogP contribution in [0.5, 0.6) is 0 Å². The number of hydrogen-bond donors (Lipinski definition) is 7. The molecule has 2 aliphatic heterocycles. The summed E-state index contributed by atoms with van der Waals surface area (Å²) in [5.74, 6) is -3.48. The fraction of sp³-hybridized carbons (Fsp3) is 0.722. The minimum absolute atomic E-state index is 0.0284. The molecule has 0 aromatic heterocycles. The van der Waals surface area contributed by atoms with Crippen LogP contribution in [-0.4, -0.2) is 233 Å². The lowest BCUT2D eigenvalue weighted by Crippen LogP contribution is -2.44. The van der Waals surface area contributed by atoms with Gasteiger partial charge in [-0.1, -0.05) is 75.7 Å². The summed E-state index contributed by atoms with van der Waals surface area (Å²) in [4.78, 5) is 148. The fourth-order valence-electron chi connectivity index (χ4n) is 7.23. The Morgan fingerprint density at radius 2 is 1.05 bits per heavy atom. The zero-order valence-electron chi connectivity index (χ0n) is 53.8. The topological polar surface area (TPSA) is 456 Å². The van der Waals surface area contributed by atoms with Crippen molar-refractivity contribution in [2.45, 2.75) is 141 Å². The van der Waals surface area contributed by atoms with E-state index in [0.717, 1.165) is 18.7 Å². The molecule has 7 amide bonds. The molecule has 1 fully saturated rings. The molecule has 6 atom stereocenters. The molecule has 33 nitrogen and oxygen atoms in total. The number of halogens is 6. The Hall–Kier alpha value is -6.14. The van der Waals surface area contributed by atoms with E-state index in [1.807, 2.05) is 6.26 Å². The van der Waals surface area contributed by atoms with Crippen molar-refractivity contribution >= 4 is 159 Å². The lowest BCUT2D eigenvalue weighted by atomic mass is 10.0. The highest BCUT2D eigenvalue weighted by Gasteiger charge is 2.31. The molecule has 544 valence electrons. The van der Waals surface area contributed by atoms with Gasteiger partial charge >= 0.3 is 66.3 Å². The molecule has 2 rings (SSSR count). The summed E-state index contributed by atoms with van der Waals surface area (Å²) >= 11 is 32.9. The van der Waals surface area contributed by atoms with Crippen LogP contribution in [0.1, 0.15) is 105 Å². The van der Waals surface area contributed by atoms with Crippen molar-refractivity contribution in [3.63, 3.8) is 0 Å². The van der Waals surface area contributed by atoms with Gasteiger partial charge in [0.15, 0.2) is 36.4 Å². The summed E-state index contributed by atoms with van der Waals surface area (Å²) in [6.07, 6.45) is 5.67. The average molecular weight is 1500 g/mol. The van der Waals surface area contributed by atoms with E-state index >= 15 is 0 Å². The zero-order valence-corrected chi connectivity index (χ0v) is 59.2. The van der Waals surface area contributed by atoms with Crippen LogP contribution in [0.3, 0.4) is 0 Å². The van der Waals surface area contributed by atoms with Gasteiger partial charge in [-0.05, 0) is 112 Å². The quantitative estimate of drug-likeness (QED) is 0.0194. The van der Waals surface area contributed by atoms with E-state index in [1.54, 1.807) is 52.5 Å². The molecule has 0 spiro atoms. The number of ether oxygens (including phenoxy) is 11. The Labute approximate surface area is 580 Å². The number of nitrogens with one attached hydrogen (secondary N) is 4. The predicted molar refractivity (Wildman–Crippen MR) is 346 cm³/mol. The molecule has 40 heteroatoms. The Morgan fingerprint density at radius 3 is 1.48 bits per heavy atom. The molecule has 0 radical (unpaired) electrons. The first kappa shape index (κ1) is 94.3. The standard InChI is InChI=1S/C10H14ClNO4.C9H15ClN2O5.C9H17ClN2O4.C9H16ClNO4S.C9H16ClNO2.C8H13ClN2O5/c1-7-8(9(13)15-2)4-3-5-12(7)10(14)16-6-11;1-2-16-8(14)6(3-4-7(11)13)12-9(15)17-5-10;1-2-15-8(13)7(11)4-3-5-12-9(14)16-6-10;1-3-14-8(12)7(4-5-16-2)11-9(13)15-6-10;1-11-6-2-3-8(11)4-5-9(12)13-7-10;1-2-15-7(13)5(3-6(10)12)11-8(14)16-4-9/h4,7H,3,5-6H2,1-2H3;6H,2-5H2,1H3,(H2,11,13)(H,12,15);7H,2-6,11H2,1H3,(H,12,14);7H,3-6H2,1-2H3,(H,11,13);8H,2-7H2,1H3;5H,2-4H2,1H3,(H2,10,12)(H,11,14)/t;6-;7-;;8-;5-/m.00.00/s1. The molecule has 2 unspecified atom stereocenters. The van der Waals surface area contributed by atoms with E-state index in [9.17, 15) is 62.3 Å². The number of primary amides is 2. The molecule has 2 aliphatic rings. The monoisotopic (exact) mass is 1490 g/mol. The van der Waals surface area contributed by atoms with Gasteiger partial charge in [0.1, 0.15) is 24.2 Å². The molecule has 2 heterocycles. The van der Waals surface area contributed by atoms with Crippen LogP contribution in [0.25, 0.3) is 0 Å². The largest absolute Gasteiger partial charge is 0.466 e. The Bertz CT molecular complexity index is 2280. The number of nitrogens with zero attached hydrogens (tertiary/aromatic N) is 2. The number of carbonyl (C=O) groups excluding carboxylic acids is 13. The number of nitrogens with two attached hydrogens (primary N) is 3. The second-order valence-corrected chi connectivity index (χ2v) is 20.5. The van der Waals surface area contributed by atoms with E-state index in [0.29, 0.717) is 63.4 Å². The maximum atomic E-state index is 11.5. The van der Waals surface area contributed by atoms with E-state index in [4.69, 9.17) is 101 Å². The molecule has 94 heavy (non-hydrogen) atoms. The maximum Gasteiger partial charge on any atom is 0.411 e. The van der Waals surface area contributed by atoms with Crippen LogP contribution in [-0.2, 0) is 90.5 Å². The first-order valence-electron chi connectivity index (χ1n) is 28.8. The van der Waals surface area contributed by atoms with Crippen molar-refractivity contribution in [2.75, 3.05) is 109 Å². The number of amides is 7. The van der Waals surface area contributed by atoms with Crippen LogP contribution in [0.4, 0.5) is 24.0 Å². The van der Waals surface area contributed by atoms with Crippen molar-refractivity contribution in [3.05, 3.63) is 11.6 Å². The maximum absolute atomic E-state index is 11.5. The molecule has 0 bridgehead atoms. The van der Waals surface area contributed by atoms with Crippen LogP contribution >= 0.6 is 81.4 Å². The van der Waals surface area contributed by atoms with Gasteiger partial charge in [0, 0.05) is 32.0 Å². The van der Waals surface area contributed by atoms with Crippen LogP contribution in [0.15, 0.2) is 11.6 Å². The molecule has 0 aromatic carbocycles. The highest BCUT2D eigenvalue weighted by molar-refractivity contribution is 7.98. The van der Waals surface area contributed by atoms with Crippen molar-refractivity contribution < 1.29 is 114 Å². The lowest BCUT2D eigenvalue weighted by molar-refractivity contribution is -0.147. The third-order valence-corrected chi connectivity index (χ3v) is 12.9. The number of likely N-dealkylation sites (tertiary alicyclic amines) is 1. The van der Waals surface area contributed by atoms with Crippen LogP contribution in [0, 0.1) is 0 Å². The average Bonchev–Trinajstić information content (AvgIpc) is 1.13. The minimum atomic E-state index is -1.16. The lowest BCUT2D eigenvalue weighted by Gasteiger charge is -2.31. The predicted octanol–water partition coefficient (Wildman–Crippen LogP) is 5.11. The number of alkyl carbamates (subject to hydrolysis) is 4. The number of alkyl halides is 6. The van der Waals surface area contributed by atoms with Crippen LogP contribution in [0.2, 0.25) is 0 Å². The van der Waals surface area contributed by atoms with Gasteiger partial charge in [-0.25, -0.2) is 43.2 Å². The van der Waals surface area contributed by atoms with E-state index in [1.165, 1.54) is 24.9 Å². The van der Waals surface area contributed by atoms with Crippen molar-refractivity contribution in [1.82, 2.24) is 31.1 Å². The Kier molecular flexibility index (Phi) is 61.9. The second kappa shape index (κ2) is 61.7. The molecular formula is C54H91Cl6N9O24S. The summed E-state index contributed by atoms with van der Waals surface area (Å²) < 4.78 is 50.5. The molecule has 1 saturated heterocycles. The molecular weight excluding hydrogens is 1400 g/mol. The SMILES string of the molecule is CCOC(=O)C(CCSC)NC(=O)OCCl.CCOC(=O)[C@@H](N)CCCNC(=O)OCCl.CCOC(=O)[C@H](CC(N)=O)NC(=O)OCCl.CCOC(=O)[C@H](CCC(N)=O)NC(=O)OCCl.CN1CCC[C@H]1CCC(=O)OCCl.COC(=O)C1=CCCN(C(=O)OCCl)C1C. The van der Waals surface area contributed by atoms with Gasteiger partial charge < -0.3 is 100 Å². The summed E-state index contributed by atoms with van der Waals surface area (Å²) in [6, 6.07) is -4.61. The molecule has 10 N–H and O–H groups in total. The minimum Gasteiger partial charge on any atom is -0.466 e. The second-order valence-electron chi connectivity index (χ2n) is 18.2. The summed E-state index contributed by atoms with van der Waals surface area (Å²) in [6.45, 7) is 11.3. The first-order valence-corrected chi connectivity index (χ1v) is 33.4. The van der Waals surface area contributed by atoms with Crippen molar-refractivity contribution in [3.8, 4) is 0 Å². The Morgan fingerprint density at radius 1 is 0.596 bits per heavy atom. The van der Waals surface area contributed by atoms with Crippen molar-refractivity contribution in [2.24, 2.45) is 17.2 Å². The summed E-state index contributed by atoms with van der Waals surface area (Å²) in [5, 5.41) is 9.20. The molecule has 0 aromatic rings. The number of esters is 6. The molecule has 0 aliphatic carbocycles. The van der Waals surface area contributed by atoms with Gasteiger partial charge in [-0.2, -0.15) is 11.8 Å². The number of hydrogen-bond acceptors (Lipinski definition) is 27. The normalized spacial score (nSPS) is 14.6. The van der Waals surface area contributed by atoms with E-state index in [-0.39, 0.29) is 87.5 Å². The van der Waals surface area contributed by atoms with Gasteiger partial charge in [0.25, 0.3) is 0 Å². The fourth-order valence-corrected chi connectivity index (χ4v) is 8.31. The summed E-state index contributed by atoms with van der Waals surface area (Å²) in [7, 11) is 3.41. The number of methoxy groups -OCH3 is 1. The van der Waals surface area contributed by atoms with Gasteiger partial charge in [0.05, 0.1) is 51.6 Å². The highest BCUT2D eigenvalue weighted by Crippen LogP contribution is 2.21. The Balaban J connectivity index is -0.000000518. The van der Waals surface area contributed by atoms with Gasteiger partial charge in [0.2, 0.25) is 11.8 Å².